The standard InChI is InChI=1S/C16H13N3O4/c17-15(21)9-4-6-10(7-5-9)18-16(22)11-2-1-3-12-14(11)19-13(20)8-23-12/h1-7H,8H2,(H2,17,21)(H,18,22)(H,19,20). The largest absolute Gasteiger partial charge is 0.482 e. The van der Waals surface area contributed by atoms with E-state index in [2.05, 4.69) is 10.6 Å². The number of hydrogen-bond acceptors (Lipinski definition) is 4. The summed E-state index contributed by atoms with van der Waals surface area (Å²) in [6, 6.07) is 11.1. The van der Waals surface area contributed by atoms with Crippen LogP contribution in [0.5, 0.6) is 5.75 Å². The van der Waals surface area contributed by atoms with Crippen molar-refractivity contribution in [3.8, 4) is 5.75 Å². The molecule has 0 fully saturated rings. The van der Waals surface area contributed by atoms with Gasteiger partial charge in [0, 0.05) is 11.3 Å². The van der Waals surface area contributed by atoms with Crippen LogP contribution in [0.3, 0.4) is 0 Å². The zero-order chi connectivity index (χ0) is 16.4. The molecule has 3 rings (SSSR count). The highest BCUT2D eigenvalue weighted by Gasteiger charge is 2.22. The highest BCUT2D eigenvalue weighted by Crippen LogP contribution is 2.31. The van der Waals surface area contributed by atoms with E-state index in [1.807, 2.05) is 0 Å². The van der Waals surface area contributed by atoms with Gasteiger partial charge in [-0.15, -0.1) is 0 Å². The predicted molar refractivity (Wildman–Crippen MR) is 83.5 cm³/mol. The van der Waals surface area contributed by atoms with Crippen LogP contribution in [0.4, 0.5) is 11.4 Å². The summed E-state index contributed by atoms with van der Waals surface area (Å²) in [6.45, 7) is -0.0767. The maximum absolute atomic E-state index is 12.4. The smallest absolute Gasteiger partial charge is 0.262 e. The normalized spacial score (nSPS) is 12.6. The Balaban J connectivity index is 1.84. The van der Waals surface area contributed by atoms with E-state index in [0.29, 0.717) is 22.7 Å². The Labute approximate surface area is 131 Å². The molecule has 7 heteroatoms. The molecule has 1 aliphatic heterocycles. The zero-order valence-electron chi connectivity index (χ0n) is 12.0. The molecule has 2 aromatic carbocycles. The van der Waals surface area contributed by atoms with Crippen molar-refractivity contribution in [2.24, 2.45) is 5.73 Å². The van der Waals surface area contributed by atoms with Gasteiger partial charge >= 0.3 is 0 Å². The van der Waals surface area contributed by atoms with Gasteiger partial charge in [0.1, 0.15) is 5.75 Å². The van der Waals surface area contributed by atoms with Crippen LogP contribution in [0.15, 0.2) is 42.5 Å². The molecule has 3 amide bonds. The summed E-state index contributed by atoms with van der Waals surface area (Å²) in [5.74, 6) is -0.816. The van der Waals surface area contributed by atoms with Gasteiger partial charge in [-0.2, -0.15) is 0 Å². The minimum atomic E-state index is -0.542. The molecule has 0 atom stereocenters. The van der Waals surface area contributed by atoms with Crippen molar-refractivity contribution in [3.05, 3.63) is 53.6 Å². The minimum absolute atomic E-state index is 0.0767. The van der Waals surface area contributed by atoms with Gasteiger partial charge in [-0.25, -0.2) is 0 Å². The molecule has 0 unspecified atom stereocenters. The summed E-state index contributed by atoms with van der Waals surface area (Å²) in [6.07, 6.45) is 0. The molecule has 4 N–H and O–H groups in total. The van der Waals surface area contributed by atoms with Crippen LogP contribution < -0.4 is 21.1 Å². The summed E-state index contributed by atoms with van der Waals surface area (Å²) in [4.78, 5) is 34.9. The topological polar surface area (TPSA) is 111 Å². The van der Waals surface area contributed by atoms with Crippen LogP contribution in [-0.4, -0.2) is 24.3 Å². The van der Waals surface area contributed by atoms with Gasteiger partial charge in [0.25, 0.3) is 11.8 Å². The van der Waals surface area contributed by atoms with Crippen molar-refractivity contribution >= 4 is 29.1 Å². The second-order valence-electron chi connectivity index (χ2n) is 4.91. The number of primary amides is 1. The van der Waals surface area contributed by atoms with E-state index in [-0.39, 0.29) is 18.1 Å². The third-order valence-corrected chi connectivity index (χ3v) is 3.32. The highest BCUT2D eigenvalue weighted by molar-refractivity contribution is 6.12. The number of nitrogens with two attached hydrogens (primary N) is 1. The Hall–Kier alpha value is -3.35. The molecule has 0 saturated carbocycles. The molecule has 0 spiro atoms. The minimum Gasteiger partial charge on any atom is -0.482 e. The average Bonchev–Trinajstić information content (AvgIpc) is 2.54. The van der Waals surface area contributed by atoms with Crippen LogP contribution in [0.1, 0.15) is 20.7 Å². The van der Waals surface area contributed by atoms with Crippen LogP contribution in [0.2, 0.25) is 0 Å². The van der Waals surface area contributed by atoms with Gasteiger partial charge in [0.15, 0.2) is 6.61 Å². The second-order valence-corrected chi connectivity index (χ2v) is 4.91. The van der Waals surface area contributed by atoms with Crippen LogP contribution in [-0.2, 0) is 4.79 Å². The Kier molecular flexibility index (Phi) is 3.68. The summed E-state index contributed by atoms with van der Waals surface area (Å²) in [5.41, 5.74) is 6.64. The molecular formula is C16H13N3O4. The van der Waals surface area contributed by atoms with Crippen molar-refractivity contribution < 1.29 is 19.1 Å². The molecule has 1 heterocycles. The van der Waals surface area contributed by atoms with E-state index in [0.717, 1.165) is 0 Å². The summed E-state index contributed by atoms with van der Waals surface area (Å²) < 4.78 is 5.28. The van der Waals surface area contributed by atoms with Crippen molar-refractivity contribution in [2.45, 2.75) is 0 Å². The number of rotatable bonds is 3. The molecule has 23 heavy (non-hydrogen) atoms. The number of nitrogens with one attached hydrogen (secondary N) is 2. The van der Waals surface area contributed by atoms with Crippen molar-refractivity contribution in [3.63, 3.8) is 0 Å². The molecule has 0 aromatic heterocycles. The molecule has 116 valence electrons. The van der Waals surface area contributed by atoms with Crippen molar-refractivity contribution in [2.75, 3.05) is 17.2 Å². The Morgan fingerprint density at radius 3 is 2.57 bits per heavy atom. The third kappa shape index (κ3) is 2.98. The maximum atomic E-state index is 12.4. The molecule has 0 bridgehead atoms. The van der Waals surface area contributed by atoms with E-state index in [4.69, 9.17) is 10.5 Å². The second kappa shape index (κ2) is 5.80. The van der Waals surface area contributed by atoms with Gasteiger partial charge < -0.3 is 21.1 Å². The predicted octanol–water partition coefficient (Wildman–Crippen LogP) is 1.37. The lowest BCUT2D eigenvalue weighted by Crippen LogP contribution is -2.27. The third-order valence-electron chi connectivity index (χ3n) is 3.32. The first-order chi connectivity index (χ1) is 11.0. The number of benzene rings is 2. The fourth-order valence-corrected chi connectivity index (χ4v) is 2.20. The molecule has 0 saturated heterocycles. The van der Waals surface area contributed by atoms with Crippen molar-refractivity contribution in [1.82, 2.24) is 0 Å². The summed E-state index contributed by atoms with van der Waals surface area (Å²) >= 11 is 0. The Morgan fingerprint density at radius 1 is 1.13 bits per heavy atom. The highest BCUT2D eigenvalue weighted by atomic mass is 16.5. The zero-order valence-corrected chi connectivity index (χ0v) is 12.0. The van der Waals surface area contributed by atoms with E-state index in [1.165, 1.54) is 12.1 Å². The Morgan fingerprint density at radius 2 is 1.87 bits per heavy atom. The van der Waals surface area contributed by atoms with E-state index in [9.17, 15) is 14.4 Å². The fourth-order valence-electron chi connectivity index (χ4n) is 2.20. The van der Waals surface area contributed by atoms with Crippen LogP contribution in [0, 0.1) is 0 Å². The van der Waals surface area contributed by atoms with Gasteiger partial charge in [0.2, 0.25) is 5.91 Å². The quantitative estimate of drug-likeness (QED) is 0.795. The van der Waals surface area contributed by atoms with Crippen LogP contribution >= 0.6 is 0 Å². The number of ether oxygens (including phenoxy) is 1. The number of amides is 3. The van der Waals surface area contributed by atoms with Crippen molar-refractivity contribution in [1.29, 1.82) is 0 Å². The van der Waals surface area contributed by atoms with Gasteiger partial charge in [-0.3, -0.25) is 14.4 Å². The first kappa shape index (κ1) is 14.6. The number of carbonyl (C=O) groups excluding carboxylic acids is 3. The number of anilines is 2. The number of carbonyl (C=O) groups is 3. The SMILES string of the molecule is NC(=O)c1ccc(NC(=O)c2cccc3c2NC(=O)CO3)cc1. The van der Waals surface area contributed by atoms with Gasteiger partial charge in [0.05, 0.1) is 11.3 Å². The molecular weight excluding hydrogens is 298 g/mol. The molecule has 2 aromatic rings. The average molecular weight is 311 g/mol. The van der Waals surface area contributed by atoms with Gasteiger partial charge in [-0.1, -0.05) is 6.07 Å². The lowest BCUT2D eigenvalue weighted by molar-refractivity contribution is -0.118. The number of para-hydroxylation sites is 1. The maximum Gasteiger partial charge on any atom is 0.262 e. The molecule has 0 radical (unpaired) electrons. The number of fused-ring (bicyclic) bond motifs is 1. The lowest BCUT2D eigenvalue weighted by Gasteiger charge is -2.20. The lowest BCUT2D eigenvalue weighted by atomic mass is 10.1. The first-order valence-corrected chi connectivity index (χ1v) is 6.81. The summed E-state index contributed by atoms with van der Waals surface area (Å²) in [5, 5.41) is 5.32. The molecule has 0 aliphatic carbocycles. The van der Waals surface area contributed by atoms with E-state index < -0.39 is 11.8 Å². The van der Waals surface area contributed by atoms with E-state index >= 15 is 0 Å². The van der Waals surface area contributed by atoms with Crippen LogP contribution in [0.25, 0.3) is 0 Å². The molecule has 7 nitrogen and oxygen atoms in total. The van der Waals surface area contributed by atoms with Gasteiger partial charge in [-0.05, 0) is 36.4 Å². The Bertz CT molecular complexity index is 799. The monoisotopic (exact) mass is 311 g/mol. The first-order valence-electron chi connectivity index (χ1n) is 6.81. The summed E-state index contributed by atoms with van der Waals surface area (Å²) in [7, 11) is 0. The van der Waals surface area contributed by atoms with E-state index in [1.54, 1.807) is 30.3 Å². The fraction of sp³-hybridized carbons (Fsp3) is 0.0625. The number of hydrogen-bond donors (Lipinski definition) is 3. The molecule has 1 aliphatic rings.